The highest BCUT2D eigenvalue weighted by Gasteiger charge is 2.21. The smallest absolute Gasteiger partial charge is 0.272 e. The van der Waals surface area contributed by atoms with Crippen molar-refractivity contribution in [2.45, 2.75) is 10.8 Å². The molecule has 3 heterocycles. The SMILES string of the molecule is O=S(=O)(Nc1ncc(Br)nc1OCc1ccco1)c1ccc(Cl)s1. The monoisotopic (exact) mass is 449 g/mol. The fourth-order valence-corrected chi connectivity index (χ4v) is 4.43. The predicted octanol–water partition coefficient (Wildman–Crippen LogP) is 3.93. The van der Waals surface area contributed by atoms with E-state index in [0.29, 0.717) is 14.7 Å². The van der Waals surface area contributed by atoms with E-state index in [1.54, 1.807) is 12.1 Å². The van der Waals surface area contributed by atoms with Crippen LogP contribution in [0.1, 0.15) is 5.76 Å². The molecule has 0 atom stereocenters. The molecule has 0 radical (unpaired) electrons. The molecule has 0 unspecified atom stereocenters. The normalized spacial score (nSPS) is 11.4. The quantitative estimate of drug-likeness (QED) is 0.611. The van der Waals surface area contributed by atoms with E-state index in [1.807, 2.05) is 0 Å². The molecule has 11 heteroatoms. The molecule has 3 rings (SSSR count). The Kier molecular flexibility index (Phi) is 5.09. The molecule has 0 aliphatic carbocycles. The van der Waals surface area contributed by atoms with Gasteiger partial charge in [0.05, 0.1) is 16.8 Å². The van der Waals surface area contributed by atoms with E-state index in [-0.39, 0.29) is 22.5 Å². The lowest BCUT2D eigenvalue weighted by Gasteiger charge is -2.10. The van der Waals surface area contributed by atoms with E-state index in [9.17, 15) is 8.42 Å². The first-order valence-electron chi connectivity index (χ1n) is 6.40. The molecular formula is C13H9BrClN3O4S2. The first-order valence-corrected chi connectivity index (χ1v) is 9.87. The summed E-state index contributed by atoms with van der Waals surface area (Å²) >= 11 is 9.89. The van der Waals surface area contributed by atoms with Crippen molar-refractivity contribution in [3.05, 3.63) is 51.4 Å². The molecule has 0 aliphatic heterocycles. The first kappa shape index (κ1) is 17.2. The number of furan rings is 1. The van der Waals surface area contributed by atoms with Crippen LogP contribution in [-0.4, -0.2) is 18.4 Å². The van der Waals surface area contributed by atoms with Crippen LogP contribution in [0.3, 0.4) is 0 Å². The highest BCUT2D eigenvalue weighted by molar-refractivity contribution is 9.10. The molecule has 0 bridgehead atoms. The van der Waals surface area contributed by atoms with Crippen LogP contribution in [0.25, 0.3) is 0 Å². The summed E-state index contributed by atoms with van der Waals surface area (Å²) in [5, 5.41) is 0. The second-order valence-electron chi connectivity index (χ2n) is 4.38. The molecule has 0 aliphatic rings. The molecule has 0 fully saturated rings. The van der Waals surface area contributed by atoms with Crippen molar-refractivity contribution in [3.63, 3.8) is 0 Å². The predicted molar refractivity (Wildman–Crippen MR) is 92.9 cm³/mol. The minimum absolute atomic E-state index is 0.0204. The molecule has 0 amide bonds. The molecule has 3 aromatic heterocycles. The van der Waals surface area contributed by atoms with Gasteiger partial charge in [0.1, 0.15) is 21.2 Å². The van der Waals surface area contributed by atoms with E-state index in [4.69, 9.17) is 20.8 Å². The van der Waals surface area contributed by atoms with Gasteiger partial charge in [-0.1, -0.05) is 11.6 Å². The third-order valence-electron chi connectivity index (χ3n) is 2.69. The highest BCUT2D eigenvalue weighted by atomic mass is 79.9. The number of nitrogens with zero attached hydrogens (tertiary/aromatic N) is 2. The number of rotatable bonds is 6. The Labute approximate surface area is 154 Å². The van der Waals surface area contributed by atoms with Gasteiger partial charge in [0, 0.05) is 0 Å². The third kappa shape index (κ3) is 4.07. The summed E-state index contributed by atoms with van der Waals surface area (Å²) in [4.78, 5) is 8.11. The summed E-state index contributed by atoms with van der Waals surface area (Å²) in [6, 6.07) is 6.35. The zero-order chi connectivity index (χ0) is 17.2. The summed E-state index contributed by atoms with van der Waals surface area (Å²) in [5.74, 6) is 0.553. The maximum atomic E-state index is 12.4. The average Bonchev–Trinajstić information content (AvgIpc) is 3.19. The number of halogens is 2. The van der Waals surface area contributed by atoms with Crippen LogP contribution in [0.2, 0.25) is 4.34 Å². The molecule has 0 aromatic carbocycles. The lowest BCUT2D eigenvalue weighted by molar-refractivity contribution is 0.261. The molecular weight excluding hydrogens is 442 g/mol. The number of hydrogen-bond acceptors (Lipinski definition) is 7. The van der Waals surface area contributed by atoms with Gasteiger partial charge in [-0.05, 0) is 40.2 Å². The van der Waals surface area contributed by atoms with Crippen LogP contribution in [0.4, 0.5) is 5.82 Å². The fourth-order valence-electron chi connectivity index (χ4n) is 1.68. The largest absolute Gasteiger partial charge is 0.467 e. The van der Waals surface area contributed by atoms with Crippen LogP contribution in [0.5, 0.6) is 5.88 Å². The zero-order valence-electron chi connectivity index (χ0n) is 11.8. The van der Waals surface area contributed by atoms with Gasteiger partial charge in [0.2, 0.25) is 5.82 Å². The van der Waals surface area contributed by atoms with Crippen molar-refractivity contribution in [1.29, 1.82) is 0 Å². The van der Waals surface area contributed by atoms with Crippen molar-refractivity contribution in [2.24, 2.45) is 0 Å². The molecule has 1 N–H and O–H groups in total. The Bertz CT molecular complexity index is 944. The number of anilines is 1. The third-order valence-corrected chi connectivity index (χ3v) is 6.13. The van der Waals surface area contributed by atoms with E-state index in [2.05, 4.69) is 30.6 Å². The van der Waals surface area contributed by atoms with Crippen LogP contribution < -0.4 is 9.46 Å². The lowest BCUT2D eigenvalue weighted by atomic mass is 10.5. The summed E-state index contributed by atoms with van der Waals surface area (Å²) in [6.45, 7) is 0.0810. The van der Waals surface area contributed by atoms with Gasteiger partial charge in [0.25, 0.3) is 15.9 Å². The van der Waals surface area contributed by atoms with Crippen molar-refractivity contribution in [2.75, 3.05) is 4.72 Å². The maximum Gasteiger partial charge on any atom is 0.272 e. The van der Waals surface area contributed by atoms with Gasteiger partial charge < -0.3 is 9.15 Å². The Morgan fingerprint density at radius 2 is 2.21 bits per heavy atom. The van der Waals surface area contributed by atoms with Gasteiger partial charge in [0.15, 0.2) is 0 Å². The van der Waals surface area contributed by atoms with Crippen molar-refractivity contribution < 1.29 is 17.6 Å². The standard InChI is InChI=1S/C13H9BrClN3O4S2/c14-9-6-16-12(13(17-9)22-7-8-2-1-5-21-8)18-24(19,20)11-4-3-10(15)23-11/h1-6H,7H2,(H,16,18). The molecule has 24 heavy (non-hydrogen) atoms. The van der Waals surface area contributed by atoms with E-state index in [1.165, 1.54) is 24.6 Å². The summed E-state index contributed by atoms with van der Waals surface area (Å²) in [5.41, 5.74) is 0. The van der Waals surface area contributed by atoms with Crippen LogP contribution >= 0.6 is 38.9 Å². The Morgan fingerprint density at radius 1 is 1.38 bits per heavy atom. The lowest BCUT2D eigenvalue weighted by Crippen LogP contribution is -2.14. The van der Waals surface area contributed by atoms with Gasteiger partial charge in [-0.15, -0.1) is 11.3 Å². The molecule has 0 saturated carbocycles. The van der Waals surface area contributed by atoms with Gasteiger partial charge in [-0.2, -0.15) is 0 Å². The molecule has 0 saturated heterocycles. The maximum absolute atomic E-state index is 12.4. The number of sulfonamides is 1. The molecule has 0 spiro atoms. The minimum Gasteiger partial charge on any atom is -0.467 e. The van der Waals surface area contributed by atoms with Crippen LogP contribution in [0, 0.1) is 0 Å². The van der Waals surface area contributed by atoms with Gasteiger partial charge in [-0.3, -0.25) is 4.72 Å². The van der Waals surface area contributed by atoms with Crippen LogP contribution in [0.15, 0.2) is 50.0 Å². The molecule has 7 nitrogen and oxygen atoms in total. The zero-order valence-corrected chi connectivity index (χ0v) is 15.7. The molecule has 126 valence electrons. The van der Waals surface area contributed by atoms with Gasteiger partial charge in [-0.25, -0.2) is 18.4 Å². The summed E-state index contributed by atoms with van der Waals surface area (Å²) < 4.78 is 38.6. The summed E-state index contributed by atoms with van der Waals surface area (Å²) in [6.07, 6.45) is 2.87. The van der Waals surface area contributed by atoms with Crippen LogP contribution in [-0.2, 0) is 16.6 Å². The first-order chi connectivity index (χ1) is 11.4. The average molecular weight is 451 g/mol. The Morgan fingerprint density at radius 3 is 2.88 bits per heavy atom. The minimum atomic E-state index is -3.84. The van der Waals surface area contributed by atoms with Crippen molar-refractivity contribution in [1.82, 2.24) is 9.97 Å². The van der Waals surface area contributed by atoms with E-state index in [0.717, 1.165) is 11.3 Å². The van der Waals surface area contributed by atoms with Crippen molar-refractivity contribution >= 4 is 54.7 Å². The topological polar surface area (TPSA) is 94.3 Å². The number of thiophene rings is 1. The Balaban J connectivity index is 1.84. The highest BCUT2D eigenvalue weighted by Crippen LogP contribution is 2.29. The Hall–Kier alpha value is -1.62. The van der Waals surface area contributed by atoms with Gasteiger partial charge >= 0.3 is 0 Å². The van der Waals surface area contributed by atoms with E-state index >= 15 is 0 Å². The fraction of sp³-hybridized carbons (Fsp3) is 0.0769. The number of ether oxygens (including phenoxy) is 1. The van der Waals surface area contributed by atoms with Crippen molar-refractivity contribution in [3.8, 4) is 5.88 Å². The number of hydrogen-bond donors (Lipinski definition) is 1. The number of aromatic nitrogens is 2. The molecule has 3 aromatic rings. The summed E-state index contributed by atoms with van der Waals surface area (Å²) in [7, 11) is -3.84. The second-order valence-corrected chi connectivity index (χ2v) is 8.82. The van der Waals surface area contributed by atoms with E-state index < -0.39 is 10.0 Å². The number of nitrogens with one attached hydrogen (secondary N) is 1. The second kappa shape index (κ2) is 7.09.